The third-order valence-electron chi connectivity index (χ3n) is 4.70. The lowest BCUT2D eigenvalue weighted by molar-refractivity contribution is 0.349. The summed E-state index contributed by atoms with van der Waals surface area (Å²) < 4.78 is 28.1. The fourth-order valence-corrected chi connectivity index (χ4v) is 4.75. The summed E-state index contributed by atoms with van der Waals surface area (Å²) in [4.78, 5) is 0.418. The third-order valence-corrected chi connectivity index (χ3v) is 6.19. The number of sulfonamides is 1. The molecule has 1 heterocycles. The quantitative estimate of drug-likeness (QED) is 0.898. The number of hydrogen-bond donors (Lipinski definition) is 2. The monoisotopic (exact) mass is 308 g/mol. The molecule has 116 valence electrons. The molecule has 2 atom stereocenters. The van der Waals surface area contributed by atoms with Crippen molar-refractivity contribution in [2.75, 3.05) is 6.54 Å². The first-order chi connectivity index (χ1) is 10.1. The first-order valence-electron chi connectivity index (χ1n) is 7.94. The minimum absolute atomic E-state index is 0.0141. The minimum Gasteiger partial charge on any atom is -0.313 e. The highest BCUT2D eigenvalue weighted by Crippen LogP contribution is 2.24. The predicted molar refractivity (Wildman–Crippen MR) is 83.9 cm³/mol. The maximum Gasteiger partial charge on any atom is 0.240 e. The fourth-order valence-electron chi connectivity index (χ4n) is 3.35. The van der Waals surface area contributed by atoms with Gasteiger partial charge in [0, 0.05) is 12.1 Å². The highest BCUT2D eigenvalue weighted by Gasteiger charge is 2.27. The van der Waals surface area contributed by atoms with E-state index >= 15 is 0 Å². The molecule has 1 aromatic carbocycles. The van der Waals surface area contributed by atoms with E-state index in [9.17, 15) is 8.42 Å². The Bertz CT molecular complexity index is 613. The van der Waals surface area contributed by atoms with Gasteiger partial charge in [0.2, 0.25) is 10.0 Å². The van der Waals surface area contributed by atoms with Gasteiger partial charge in [-0.05, 0) is 75.3 Å². The average molecular weight is 308 g/mol. The number of hydrogen-bond acceptors (Lipinski definition) is 3. The van der Waals surface area contributed by atoms with Gasteiger partial charge < -0.3 is 5.32 Å². The van der Waals surface area contributed by atoms with E-state index in [0.717, 1.165) is 38.6 Å². The van der Waals surface area contributed by atoms with E-state index in [4.69, 9.17) is 0 Å². The SMILES string of the molecule is CC1NCCCC1NS(=O)(=O)c1ccc2c(c1)CCCC2. The van der Waals surface area contributed by atoms with Crippen molar-refractivity contribution in [3.63, 3.8) is 0 Å². The Hall–Kier alpha value is -0.910. The van der Waals surface area contributed by atoms with E-state index in [1.165, 1.54) is 17.5 Å². The van der Waals surface area contributed by atoms with Crippen LogP contribution in [0.1, 0.15) is 43.7 Å². The highest BCUT2D eigenvalue weighted by molar-refractivity contribution is 7.89. The second-order valence-electron chi connectivity index (χ2n) is 6.25. The molecule has 2 N–H and O–H groups in total. The molecular weight excluding hydrogens is 284 g/mol. The highest BCUT2D eigenvalue weighted by atomic mass is 32.2. The van der Waals surface area contributed by atoms with Crippen LogP contribution in [0.2, 0.25) is 0 Å². The Balaban J connectivity index is 1.81. The van der Waals surface area contributed by atoms with Gasteiger partial charge >= 0.3 is 0 Å². The van der Waals surface area contributed by atoms with Crippen LogP contribution in [0.15, 0.2) is 23.1 Å². The Morgan fingerprint density at radius 3 is 2.67 bits per heavy atom. The van der Waals surface area contributed by atoms with Gasteiger partial charge in [0.1, 0.15) is 0 Å². The number of nitrogens with one attached hydrogen (secondary N) is 2. The van der Waals surface area contributed by atoms with Gasteiger partial charge in [-0.25, -0.2) is 13.1 Å². The zero-order valence-electron chi connectivity index (χ0n) is 12.6. The second kappa shape index (κ2) is 6.07. The maximum atomic E-state index is 12.6. The lowest BCUT2D eigenvalue weighted by Crippen LogP contribution is -2.51. The summed E-state index contributed by atoms with van der Waals surface area (Å²) in [5, 5.41) is 3.33. The van der Waals surface area contributed by atoms with Crippen LogP contribution in [0.3, 0.4) is 0 Å². The van der Waals surface area contributed by atoms with E-state index in [2.05, 4.69) is 10.0 Å². The molecule has 0 amide bonds. The van der Waals surface area contributed by atoms with Crippen LogP contribution >= 0.6 is 0 Å². The molecule has 0 spiro atoms. The van der Waals surface area contributed by atoms with Gasteiger partial charge in [0.05, 0.1) is 4.90 Å². The molecule has 0 aromatic heterocycles. The van der Waals surface area contributed by atoms with Crippen molar-refractivity contribution in [2.24, 2.45) is 0 Å². The van der Waals surface area contributed by atoms with Crippen LogP contribution in [0.5, 0.6) is 0 Å². The van der Waals surface area contributed by atoms with Crippen molar-refractivity contribution in [1.82, 2.24) is 10.0 Å². The molecule has 2 aliphatic rings. The lowest BCUT2D eigenvalue weighted by Gasteiger charge is -2.30. The molecule has 1 aliphatic heterocycles. The number of benzene rings is 1. The molecule has 4 nitrogen and oxygen atoms in total. The zero-order chi connectivity index (χ0) is 14.9. The Kier molecular flexibility index (Phi) is 4.33. The van der Waals surface area contributed by atoms with Gasteiger partial charge in [0.25, 0.3) is 0 Å². The molecule has 0 bridgehead atoms. The first kappa shape index (κ1) is 15.0. The molecule has 5 heteroatoms. The van der Waals surface area contributed by atoms with Crippen molar-refractivity contribution >= 4 is 10.0 Å². The van der Waals surface area contributed by atoms with Crippen molar-refractivity contribution < 1.29 is 8.42 Å². The maximum absolute atomic E-state index is 12.6. The molecule has 2 unspecified atom stereocenters. The Labute approximate surface area is 127 Å². The summed E-state index contributed by atoms with van der Waals surface area (Å²) in [5.41, 5.74) is 2.52. The van der Waals surface area contributed by atoms with Gasteiger partial charge in [-0.2, -0.15) is 0 Å². The van der Waals surface area contributed by atoms with Gasteiger partial charge in [-0.15, -0.1) is 0 Å². The summed E-state index contributed by atoms with van der Waals surface area (Å²) in [6.07, 6.45) is 6.36. The van der Waals surface area contributed by atoms with E-state index in [1.807, 2.05) is 19.1 Å². The van der Waals surface area contributed by atoms with E-state index in [0.29, 0.717) is 4.90 Å². The van der Waals surface area contributed by atoms with Crippen molar-refractivity contribution in [3.05, 3.63) is 29.3 Å². The standard InChI is InChI=1S/C16H24N2O2S/c1-12-16(7-4-10-17-12)18-21(19,20)15-9-8-13-5-2-3-6-14(13)11-15/h8-9,11-12,16-18H,2-7,10H2,1H3. The molecule has 0 radical (unpaired) electrons. The first-order valence-corrected chi connectivity index (χ1v) is 9.42. The minimum atomic E-state index is -3.42. The Morgan fingerprint density at radius 2 is 1.90 bits per heavy atom. The third kappa shape index (κ3) is 3.30. The number of aryl methyl sites for hydroxylation is 2. The van der Waals surface area contributed by atoms with E-state index in [-0.39, 0.29) is 12.1 Å². The van der Waals surface area contributed by atoms with Crippen LogP contribution in [0.25, 0.3) is 0 Å². The lowest BCUT2D eigenvalue weighted by atomic mass is 9.92. The van der Waals surface area contributed by atoms with Crippen LogP contribution in [0, 0.1) is 0 Å². The molecule has 0 saturated carbocycles. The van der Waals surface area contributed by atoms with E-state index in [1.54, 1.807) is 6.07 Å². The topological polar surface area (TPSA) is 58.2 Å². The summed E-state index contributed by atoms with van der Waals surface area (Å²) in [6, 6.07) is 5.79. The summed E-state index contributed by atoms with van der Waals surface area (Å²) in [7, 11) is -3.42. The van der Waals surface area contributed by atoms with Crippen LogP contribution in [0.4, 0.5) is 0 Å². The molecule has 1 aliphatic carbocycles. The van der Waals surface area contributed by atoms with Crippen LogP contribution in [-0.4, -0.2) is 27.0 Å². The molecular formula is C16H24N2O2S. The molecule has 3 rings (SSSR count). The number of piperidine rings is 1. The normalized spacial score (nSPS) is 26.3. The summed E-state index contributed by atoms with van der Waals surface area (Å²) in [6.45, 7) is 3.01. The smallest absolute Gasteiger partial charge is 0.240 e. The van der Waals surface area contributed by atoms with Crippen molar-refractivity contribution in [1.29, 1.82) is 0 Å². The average Bonchev–Trinajstić information content (AvgIpc) is 2.49. The second-order valence-corrected chi connectivity index (χ2v) is 7.96. The molecule has 1 fully saturated rings. The van der Waals surface area contributed by atoms with E-state index < -0.39 is 10.0 Å². The van der Waals surface area contributed by atoms with Gasteiger partial charge in [0.15, 0.2) is 0 Å². The van der Waals surface area contributed by atoms with Gasteiger partial charge in [-0.1, -0.05) is 6.07 Å². The summed E-state index contributed by atoms with van der Waals surface area (Å²) >= 11 is 0. The van der Waals surface area contributed by atoms with Crippen LogP contribution < -0.4 is 10.0 Å². The fraction of sp³-hybridized carbons (Fsp3) is 0.625. The van der Waals surface area contributed by atoms with Crippen LogP contribution in [-0.2, 0) is 22.9 Å². The largest absolute Gasteiger partial charge is 0.313 e. The molecule has 1 saturated heterocycles. The zero-order valence-corrected chi connectivity index (χ0v) is 13.4. The van der Waals surface area contributed by atoms with Crippen molar-refractivity contribution in [2.45, 2.75) is 62.4 Å². The van der Waals surface area contributed by atoms with Gasteiger partial charge in [-0.3, -0.25) is 0 Å². The molecule has 1 aromatic rings. The predicted octanol–water partition coefficient (Wildman–Crippen LogP) is 1.98. The Morgan fingerprint density at radius 1 is 1.14 bits per heavy atom. The number of fused-ring (bicyclic) bond motifs is 1. The number of rotatable bonds is 3. The van der Waals surface area contributed by atoms with Crippen molar-refractivity contribution in [3.8, 4) is 0 Å². The summed E-state index contributed by atoms with van der Waals surface area (Å²) in [5.74, 6) is 0. The molecule has 21 heavy (non-hydrogen) atoms.